The average Bonchev–Trinajstić information content (AvgIpc) is 2.96. The van der Waals surface area contributed by atoms with Crippen LogP contribution in [0.4, 0.5) is 0 Å². The molecule has 0 aromatic carbocycles. The minimum atomic E-state index is -2.50. The molecule has 0 bridgehead atoms. The number of methoxy groups -OCH3 is 1. The van der Waals surface area contributed by atoms with Crippen LogP contribution < -0.4 is 0 Å². The van der Waals surface area contributed by atoms with E-state index < -0.39 is 55.0 Å². The molecule has 1 heterocycles. The number of hydrogen-bond donors (Lipinski definition) is 0. The minimum Gasteiger partial charge on any atom is -0.467 e. The van der Waals surface area contributed by atoms with Gasteiger partial charge in [-0.2, -0.15) is 0 Å². The number of nitrogens with zero attached hydrogens (tertiary/aromatic N) is 3. The first-order chi connectivity index (χ1) is 16.3. The average molecular weight is 576 g/mol. The summed E-state index contributed by atoms with van der Waals surface area (Å²) in [6.45, 7) is 32.3. The summed E-state index contributed by atoms with van der Waals surface area (Å²) in [6.07, 6.45) is -2.37. The van der Waals surface area contributed by atoms with Crippen molar-refractivity contribution in [3.8, 4) is 0 Å². The first-order valence-corrected chi connectivity index (χ1v) is 21.8. The Morgan fingerprint density at radius 2 is 1.30 bits per heavy atom. The third kappa shape index (κ3) is 7.27. The molecule has 0 unspecified atom stereocenters. The molecular weight excluding hydrogens is 523 g/mol. The summed E-state index contributed by atoms with van der Waals surface area (Å²) in [5.41, 5.74) is 7.56. The molecule has 0 aliphatic carbocycles. The number of ether oxygens (including phenoxy) is 2. The molecular formula is C25H53N3O6Si3. The summed E-state index contributed by atoms with van der Waals surface area (Å²) in [4.78, 5) is 16.4. The fourth-order valence-corrected chi connectivity index (χ4v) is 6.82. The van der Waals surface area contributed by atoms with Crippen LogP contribution in [-0.4, -0.2) is 68.7 Å². The molecule has 0 aromatic heterocycles. The number of azide groups is 1. The van der Waals surface area contributed by atoms with Crippen LogP contribution in [0.5, 0.6) is 0 Å². The quantitative estimate of drug-likeness (QED) is 0.0932. The first kappa shape index (κ1) is 34.3. The summed E-state index contributed by atoms with van der Waals surface area (Å²) in [7, 11) is -5.80. The monoisotopic (exact) mass is 575 g/mol. The minimum absolute atomic E-state index is 0.0251. The van der Waals surface area contributed by atoms with Gasteiger partial charge in [-0.05, 0) is 65.0 Å². The van der Waals surface area contributed by atoms with Crippen LogP contribution in [0.3, 0.4) is 0 Å². The Morgan fingerprint density at radius 3 is 1.68 bits per heavy atom. The Bertz CT molecular complexity index is 870. The molecule has 0 saturated carbocycles. The van der Waals surface area contributed by atoms with Gasteiger partial charge in [-0.25, -0.2) is 4.79 Å². The van der Waals surface area contributed by atoms with Crippen molar-refractivity contribution in [2.45, 2.75) is 141 Å². The van der Waals surface area contributed by atoms with Crippen LogP contribution in [0.25, 0.3) is 10.4 Å². The highest BCUT2D eigenvalue weighted by Gasteiger charge is 2.65. The molecule has 37 heavy (non-hydrogen) atoms. The maximum absolute atomic E-state index is 13.3. The van der Waals surface area contributed by atoms with Gasteiger partial charge in [0.15, 0.2) is 25.0 Å². The second-order valence-corrected chi connectivity index (χ2v) is 29.1. The molecule has 0 N–H and O–H groups in total. The largest absolute Gasteiger partial charge is 0.467 e. The second-order valence-electron chi connectivity index (χ2n) is 14.7. The molecule has 1 aliphatic heterocycles. The third-order valence-corrected chi connectivity index (χ3v) is 22.4. The molecule has 0 spiro atoms. The van der Waals surface area contributed by atoms with Gasteiger partial charge in [0.1, 0.15) is 18.3 Å². The van der Waals surface area contributed by atoms with Gasteiger partial charge >= 0.3 is 5.97 Å². The molecule has 12 heteroatoms. The maximum Gasteiger partial charge on any atom is 0.347 e. The molecule has 1 saturated heterocycles. The van der Waals surface area contributed by atoms with Gasteiger partial charge in [0.2, 0.25) is 0 Å². The fraction of sp³-hybridized carbons (Fsp3) is 0.960. The van der Waals surface area contributed by atoms with E-state index in [9.17, 15) is 10.3 Å². The zero-order valence-corrected chi connectivity index (χ0v) is 29.2. The Kier molecular flexibility index (Phi) is 10.2. The second kappa shape index (κ2) is 11.0. The van der Waals surface area contributed by atoms with Gasteiger partial charge in [-0.3, -0.25) is 0 Å². The molecule has 0 aromatic rings. The summed E-state index contributed by atoms with van der Waals surface area (Å²) in [5.74, 6) is -0.798. The molecule has 1 fully saturated rings. The Labute approximate surface area is 228 Å². The first-order valence-electron chi connectivity index (χ1n) is 13.1. The van der Waals surface area contributed by atoms with Gasteiger partial charge in [0, 0.05) is 4.91 Å². The predicted octanol–water partition coefficient (Wildman–Crippen LogP) is 7.37. The topological polar surface area (TPSA) is 112 Å². The van der Waals surface area contributed by atoms with E-state index in [0.29, 0.717) is 0 Å². The van der Waals surface area contributed by atoms with Gasteiger partial charge in [0.25, 0.3) is 5.72 Å². The van der Waals surface area contributed by atoms with Crippen molar-refractivity contribution in [2.24, 2.45) is 5.11 Å². The van der Waals surface area contributed by atoms with Crippen molar-refractivity contribution in [1.29, 1.82) is 0 Å². The van der Waals surface area contributed by atoms with Gasteiger partial charge < -0.3 is 22.8 Å². The zero-order chi connectivity index (χ0) is 29.5. The lowest BCUT2D eigenvalue weighted by atomic mass is 10.0. The Hall–Kier alpha value is -0.729. The van der Waals surface area contributed by atoms with E-state index in [4.69, 9.17) is 22.8 Å². The lowest BCUT2D eigenvalue weighted by molar-refractivity contribution is -0.175. The molecule has 1 aliphatic rings. The van der Waals surface area contributed by atoms with E-state index in [0.717, 1.165) is 0 Å². The SMILES string of the molecule is COC(=O)[C@]1(N=[N+]=[N-])O[C@H](CO[Si](C)(C)C(C)(C)C)[C@@H](O[Si](C)(C)C(C)(C)C)[C@@H]1O[Si](C)(C)C(C)(C)C. The van der Waals surface area contributed by atoms with E-state index in [1.807, 2.05) is 0 Å². The lowest BCUT2D eigenvalue weighted by Crippen LogP contribution is -2.59. The van der Waals surface area contributed by atoms with Crippen LogP contribution >= 0.6 is 0 Å². The van der Waals surface area contributed by atoms with Crippen molar-refractivity contribution >= 4 is 30.9 Å². The number of rotatable bonds is 9. The predicted molar refractivity (Wildman–Crippen MR) is 156 cm³/mol. The molecule has 9 nitrogen and oxygen atoms in total. The van der Waals surface area contributed by atoms with Crippen LogP contribution in [0.2, 0.25) is 54.4 Å². The number of carbonyl (C=O) groups excluding carboxylic acids is 1. The zero-order valence-electron chi connectivity index (χ0n) is 26.2. The molecule has 216 valence electrons. The summed E-state index contributed by atoms with van der Waals surface area (Å²) in [6, 6.07) is 0. The summed E-state index contributed by atoms with van der Waals surface area (Å²) < 4.78 is 31.9. The summed E-state index contributed by atoms with van der Waals surface area (Å²) in [5, 5.41) is 3.61. The van der Waals surface area contributed by atoms with E-state index in [-0.39, 0.29) is 21.7 Å². The molecule has 0 amide bonds. The highest BCUT2D eigenvalue weighted by atomic mass is 28.4. The van der Waals surface area contributed by atoms with Crippen LogP contribution in [0.15, 0.2) is 5.11 Å². The fourth-order valence-electron chi connectivity index (χ4n) is 3.21. The standard InChI is InChI=1S/C25H53N3O6Si3/c1-22(2,3)35(11,12)31-17-18-19(33-36(13,14)23(4,5)6)20(34-37(15,16)24(7,8)9)25(32-18,27-28-26)21(29)30-10/h18-20H,17H2,1-16H3/t18-,19-,20+,25-/m1/s1. The molecule has 1 rings (SSSR count). The molecule has 0 radical (unpaired) electrons. The smallest absolute Gasteiger partial charge is 0.347 e. The van der Waals surface area contributed by atoms with E-state index in [2.05, 4.69) is 112 Å². The number of hydrogen-bond acceptors (Lipinski definition) is 7. The Balaban J connectivity index is 3.79. The third-order valence-electron chi connectivity index (χ3n) is 8.93. The summed E-state index contributed by atoms with van der Waals surface area (Å²) >= 11 is 0. The van der Waals surface area contributed by atoms with E-state index in [1.165, 1.54) is 7.11 Å². The van der Waals surface area contributed by atoms with Gasteiger partial charge in [-0.1, -0.05) is 62.3 Å². The van der Waals surface area contributed by atoms with Crippen LogP contribution in [-0.2, 0) is 27.5 Å². The van der Waals surface area contributed by atoms with Gasteiger partial charge in [0.05, 0.1) is 13.7 Å². The lowest BCUT2D eigenvalue weighted by Gasteiger charge is -2.45. The van der Waals surface area contributed by atoms with Crippen LogP contribution in [0, 0.1) is 0 Å². The van der Waals surface area contributed by atoms with Crippen molar-refractivity contribution in [2.75, 3.05) is 13.7 Å². The normalized spacial score (nSPS) is 26.1. The van der Waals surface area contributed by atoms with Crippen molar-refractivity contribution in [1.82, 2.24) is 0 Å². The number of carbonyl (C=O) groups is 1. The van der Waals surface area contributed by atoms with E-state index in [1.54, 1.807) is 0 Å². The van der Waals surface area contributed by atoms with Crippen molar-refractivity contribution < 1.29 is 27.5 Å². The number of esters is 1. The van der Waals surface area contributed by atoms with E-state index >= 15 is 0 Å². The maximum atomic E-state index is 13.3. The van der Waals surface area contributed by atoms with Crippen molar-refractivity contribution in [3.63, 3.8) is 0 Å². The van der Waals surface area contributed by atoms with Gasteiger partial charge in [-0.15, -0.1) is 0 Å². The highest BCUT2D eigenvalue weighted by Crippen LogP contribution is 2.48. The highest BCUT2D eigenvalue weighted by molar-refractivity contribution is 6.75. The molecule has 4 atom stereocenters. The van der Waals surface area contributed by atoms with Crippen LogP contribution in [0.1, 0.15) is 62.3 Å². The Morgan fingerprint density at radius 1 is 0.865 bits per heavy atom. The van der Waals surface area contributed by atoms with Crippen molar-refractivity contribution in [3.05, 3.63) is 10.4 Å².